The predicted octanol–water partition coefficient (Wildman–Crippen LogP) is 3.99. The molecule has 0 saturated carbocycles. The third kappa shape index (κ3) is 5.45. The van der Waals surface area contributed by atoms with Crippen molar-refractivity contribution < 1.29 is 4.79 Å². The van der Waals surface area contributed by atoms with Crippen molar-refractivity contribution in [2.45, 2.75) is 33.1 Å². The van der Waals surface area contributed by atoms with Crippen LogP contribution in [0.1, 0.15) is 36.0 Å². The molecule has 0 aliphatic heterocycles. The van der Waals surface area contributed by atoms with E-state index in [-0.39, 0.29) is 5.91 Å². The molecular formula is C18H22N2OS. The Bertz CT molecular complexity index is 632. The van der Waals surface area contributed by atoms with Crippen molar-refractivity contribution >= 4 is 22.8 Å². The second-order valence-corrected chi connectivity index (χ2v) is 6.27. The van der Waals surface area contributed by atoms with Crippen molar-refractivity contribution in [3.8, 4) is 0 Å². The van der Waals surface area contributed by atoms with E-state index >= 15 is 0 Å². The highest BCUT2D eigenvalue weighted by atomic mass is 32.1. The Morgan fingerprint density at radius 1 is 1.27 bits per heavy atom. The molecule has 1 heterocycles. The molecule has 22 heavy (non-hydrogen) atoms. The largest absolute Gasteiger partial charge is 0.353 e. The van der Waals surface area contributed by atoms with Gasteiger partial charge in [0.1, 0.15) is 0 Å². The lowest BCUT2D eigenvalue weighted by molar-refractivity contribution is -0.116. The summed E-state index contributed by atoms with van der Waals surface area (Å²) in [7, 11) is 0. The lowest BCUT2D eigenvalue weighted by Gasteiger charge is -2.04. The van der Waals surface area contributed by atoms with Crippen LogP contribution in [0.2, 0.25) is 0 Å². The van der Waals surface area contributed by atoms with Crippen LogP contribution in [0.15, 0.2) is 41.8 Å². The van der Waals surface area contributed by atoms with E-state index in [1.807, 2.05) is 44.2 Å². The maximum atomic E-state index is 11.9. The van der Waals surface area contributed by atoms with E-state index < -0.39 is 0 Å². The topological polar surface area (TPSA) is 42.0 Å². The van der Waals surface area contributed by atoms with Gasteiger partial charge in [-0.3, -0.25) is 4.79 Å². The van der Waals surface area contributed by atoms with E-state index in [0.29, 0.717) is 6.54 Å². The number of allylic oxidation sites excluding steroid dienone is 1. The van der Waals surface area contributed by atoms with Crippen LogP contribution in [-0.4, -0.2) is 17.4 Å². The Kier molecular flexibility index (Phi) is 6.34. The Balaban J connectivity index is 1.67. The predicted molar refractivity (Wildman–Crippen MR) is 92.9 cm³/mol. The highest BCUT2D eigenvalue weighted by Gasteiger charge is 2.01. The molecule has 0 atom stereocenters. The van der Waals surface area contributed by atoms with Crippen LogP contribution in [-0.2, 0) is 11.2 Å². The first-order valence-electron chi connectivity index (χ1n) is 7.57. The average Bonchev–Trinajstić information content (AvgIpc) is 2.93. The van der Waals surface area contributed by atoms with E-state index in [1.54, 1.807) is 17.4 Å². The smallest absolute Gasteiger partial charge is 0.244 e. The van der Waals surface area contributed by atoms with Gasteiger partial charge >= 0.3 is 0 Å². The van der Waals surface area contributed by atoms with E-state index in [9.17, 15) is 4.79 Å². The number of nitrogens with zero attached hydrogens (tertiary/aromatic N) is 1. The first-order valence-corrected chi connectivity index (χ1v) is 8.45. The number of aryl methyl sites for hydroxylation is 2. The van der Waals surface area contributed by atoms with Crippen molar-refractivity contribution in [1.82, 2.24) is 10.3 Å². The number of aromatic nitrogens is 1. The zero-order valence-electron chi connectivity index (χ0n) is 13.1. The first kappa shape index (κ1) is 16.4. The van der Waals surface area contributed by atoms with Crippen LogP contribution in [0, 0.1) is 6.92 Å². The van der Waals surface area contributed by atoms with Crippen molar-refractivity contribution in [1.29, 1.82) is 0 Å². The van der Waals surface area contributed by atoms with Crippen LogP contribution in [0.3, 0.4) is 0 Å². The second kappa shape index (κ2) is 8.49. The van der Waals surface area contributed by atoms with Crippen molar-refractivity contribution in [3.05, 3.63) is 58.1 Å². The van der Waals surface area contributed by atoms with Gasteiger partial charge in [0.2, 0.25) is 5.91 Å². The Hall–Kier alpha value is -1.94. The molecule has 0 radical (unpaired) electrons. The molecule has 1 aromatic carbocycles. The fraction of sp³-hybridized carbons (Fsp3) is 0.333. The molecule has 1 N–H and O–H groups in total. The standard InChI is InChI=1S/C18H22N2OS/c1-14(16-8-4-3-5-9-16)12-17(21)19-11-7-6-10-18-20-15(2)13-22-18/h3-5,8-9,12-13H,6-7,10-11H2,1-2H3,(H,19,21)/b14-12+. The highest BCUT2D eigenvalue weighted by Crippen LogP contribution is 2.13. The van der Waals surface area contributed by atoms with Crippen LogP contribution < -0.4 is 5.32 Å². The number of carbonyl (C=O) groups excluding carboxylic acids is 1. The van der Waals surface area contributed by atoms with Gasteiger partial charge in [0.25, 0.3) is 0 Å². The minimum Gasteiger partial charge on any atom is -0.353 e. The highest BCUT2D eigenvalue weighted by molar-refractivity contribution is 7.09. The van der Waals surface area contributed by atoms with Crippen LogP contribution in [0.5, 0.6) is 0 Å². The van der Waals surface area contributed by atoms with Gasteiger partial charge in [0.15, 0.2) is 0 Å². The van der Waals surface area contributed by atoms with Gasteiger partial charge in [-0.15, -0.1) is 11.3 Å². The lowest BCUT2D eigenvalue weighted by Crippen LogP contribution is -2.22. The summed E-state index contributed by atoms with van der Waals surface area (Å²) in [5.41, 5.74) is 3.16. The maximum absolute atomic E-state index is 11.9. The molecule has 0 aliphatic carbocycles. The molecule has 2 aromatic rings. The van der Waals surface area contributed by atoms with Gasteiger partial charge in [0.05, 0.1) is 5.01 Å². The number of hydrogen-bond donors (Lipinski definition) is 1. The summed E-state index contributed by atoms with van der Waals surface area (Å²) in [4.78, 5) is 16.3. The normalized spacial score (nSPS) is 11.5. The molecule has 0 unspecified atom stereocenters. The SMILES string of the molecule is C/C(=C\C(=O)NCCCCc1nc(C)cs1)c1ccccc1. The van der Waals surface area contributed by atoms with E-state index in [0.717, 1.165) is 36.1 Å². The summed E-state index contributed by atoms with van der Waals surface area (Å²) in [6.45, 7) is 4.68. The van der Waals surface area contributed by atoms with Gasteiger partial charge in [-0.1, -0.05) is 30.3 Å². The van der Waals surface area contributed by atoms with E-state index in [1.165, 1.54) is 5.01 Å². The molecule has 0 bridgehead atoms. The quantitative estimate of drug-likeness (QED) is 0.620. The van der Waals surface area contributed by atoms with Crippen molar-refractivity contribution in [2.24, 2.45) is 0 Å². The molecule has 1 aromatic heterocycles. The van der Waals surface area contributed by atoms with Gasteiger partial charge in [-0.2, -0.15) is 0 Å². The number of rotatable bonds is 7. The molecule has 0 fully saturated rings. The Labute approximate surface area is 136 Å². The molecule has 0 saturated heterocycles. The van der Waals surface area contributed by atoms with Crippen molar-refractivity contribution in [2.75, 3.05) is 6.54 Å². The number of nitrogens with one attached hydrogen (secondary N) is 1. The number of benzene rings is 1. The molecule has 116 valence electrons. The van der Waals surface area contributed by atoms with Crippen LogP contribution in [0.25, 0.3) is 5.57 Å². The third-order valence-electron chi connectivity index (χ3n) is 3.36. The lowest BCUT2D eigenvalue weighted by atomic mass is 10.1. The number of unbranched alkanes of at least 4 members (excludes halogenated alkanes) is 1. The van der Waals surface area contributed by atoms with Crippen LogP contribution in [0.4, 0.5) is 0 Å². The second-order valence-electron chi connectivity index (χ2n) is 5.32. The van der Waals surface area contributed by atoms with Gasteiger partial charge < -0.3 is 5.32 Å². The minimum atomic E-state index is -0.0218. The van der Waals surface area contributed by atoms with E-state index in [2.05, 4.69) is 15.7 Å². The molecule has 2 rings (SSSR count). The first-order chi connectivity index (χ1) is 10.6. The number of carbonyl (C=O) groups is 1. The summed E-state index contributed by atoms with van der Waals surface area (Å²) in [6.07, 6.45) is 4.68. The van der Waals surface area contributed by atoms with Crippen LogP contribution >= 0.6 is 11.3 Å². The summed E-state index contributed by atoms with van der Waals surface area (Å²) < 4.78 is 0. The van der Waals surface area contributed by atoms with Gasteiger partial charge in [-0.25, -0.2) is 4.98 Å². The monoisotopic (exact) mass is 314 g/mol. The molecule has 3 nitrogen and oxygen atoms in total. The summed E-state index contributed by atoms with van der Waals surface area (Å²) in [5.74, 6) is -0.0218. The Morgan fingerprint density at radius 2 is 2.05 bits per heavy atom. The van der Waals surface area contributed by atoms with Crippen molar-refractivity contribution in [3.63, 3.8) is 0 Å². The van der Waals surface area contributed by atoms with Gasteiger partial charge in [0, 0.05) is 23.7 Å². The molecule has 0 aliphatic rings. The number of amides is 1. The number of thiazole rings is 1. The number of hydrogen-bond acceptors (Lipinski definition) is 3. The maximum Gasteiger partial charge on any atom is 0.244 e. The van der Waals surface area contributed by atoms with E-state index in [4.69, 9.17) is 0 Å². The summed E-state index contributed by atoms with van der Waals surface area (Å²) >= 11 is 1.71. The molecular weight excluding hydrogens is 292 g/mol. The summed E-state index contributed by atoms with van der Waals surface area (Å²) in [5, 5.41) is 6.20. The zero-order valence-corrected chi connectivity index (χ0v) is 14.0. The van der Waals surface area contributed by atoms with Gasteiger partial charge in [-0.05, 0) is 44.2 Å². The Morgan fingerprint density at radius 3 is 2.73 bits per heavy atom. The minimum absolute atomic E-state index is 0.0218. The summed E-state index contributed by atoms with van der Waals surface area (Å²) in [6, 6.07) is 9.95. The molecule has 0 spiro atoms. The average molecular weight is 314 g/mol. The molecule has 4 heteroatoms. The third-order valence-corrected chi connectivity index (χ3v) is 4.39. The fourth-order valence-electron chi connectivity index (χ4n) is 2.16. The molecule has 1 amide bonds. The zero-order chi connectivity index (χ0) is 15.8. The fourth-order valence-corrected chi connectivity index (χ4v) is 2.98.